The number of anilines is 1. The van der Waals surface area contributed by atoms with E-state index in [4.69, 9.17) is 5.73 Å². The van der Waals surface area contributed by atoms with E-state index >= 15 is 0 Å². The monoisotopic (exact) mass is 422 g/mol. The summed E-state index contributed by atoms with van der Waals surface area (Å²) >= 11 is 7.44. The molecule has 0 saturated heterocycles. The number of thiazole rings is 1. The molecule has 0 fully saturated rings. The molecule has 0 bridgehead atoms. The Morgan fingerprint density at radius 2 is 2.24 bits per heavy atom. The Balaban J connectivity index is 2.27. The molecule has 0 spiro atoms. The van der Waals surface area contributed by atoms with Gasteiger partial charge in [0.05, 0.1) is 5.69 Å². The van der Waals surface area contributed by atoms with Crippen LogP contribution in [-0.4, -0.2) is 4.98 Å². The van der Waals surface area contributed by atoms with Gasteiger partial charge in [0.1, 0.15) is 0 Å². The Hall–Kier alpha value is -0.140. The molecule has 0 aliphatic heterocycles. The molecule has 1 heterocycles. The highest BCUT2D eigenvalue weighted by atomic mass is 127. The lowest BCUT2D eigenvalue weighted by Crippen LogP contribution is -1.92. The van der Waals surface area contributed by atoms with E-state index in [0.717, 1.165) is 23.0 Å². The van der Waals surface area contributed by atoms with Gasteiger partial charge in [-0.15, -0.1) is 11.3 Å². The van der Waals surface area contributed by atoms with E-state index < -0.39 is 0 Å². The molecule has 17 heavy (non-hydrogen) atoms. The molecule has 2 nitrogen and oxygen atoms in total. The average molecular weight is 423 g/mol. The van der Waals surface area contributed by atoms with E-state index in [1.165, 1.54) is 14.0 Å². The lowest BCUT2D eigenvalue weighted by molar-refractivity contribution is 1.02. The van der Waals surface area contributed by atoms with Crippen molar-refractivity contribution in [2.45, 2.75) is 19.8 Å². The number of aromatic nitrogens is 1. The summed E-state index contributed by atoms with van der Waals surface area (Å²) in [5.74, 6) is 0. The van der Waals surface area contributed by atoms with E-state index in [-0.39, 0.29) is 0 Å². The van der Waals surface area contributed by atoms with Crippen LogP contribution in [0.3, 0.4) is 0 Å². The standard InChI is InChI=1S/C12H12BrIN2S/c1-2-10-11(17-12(15)16-10)6-7-3-4-8(13)9(14)5-7/h3-5H,2,6H2,1H3,(H2,15,16). The number of hydrogen-bond acceptors (Lipinski definition) is 3. The van der Waals surface area contributed by atoms with Crippen LogP contribution in [0.15, 0.2) is 22.7 Å². The third-order valence-electron chi connectivity index (χ3n) is 2.48. The highest BCUT2D eigenvalue weighted by Gasteiger charge is 2.09. The van der Waals surface area contributed by atoms with Crippen LogP contribution in [0, 0.1) is 3.57 Å². The smallest absolute Gasteiger partial charge is 0.180 e. The summed E-state index contributed by atoms with van der Waals surface area (Å²) in [5.41, 5.74) is 8.19. The summed E-state index contributed by atoms with van der Waals surface area (Å²) in [6, 6.07) is 6.43. The number of hydrogen-bond donors (Lipinski definition) is 1. The van der Waals surface area contributed by atoms with Crippen LogP contribution < -0.4 is 5.73 Å². The van der Waals surface area contributed by atoms with E-state index in [1.807, 2.05) is 0 Å². The maximum absolute atomic E-state index is 5.76. The predicted octanol–water partition coefficient (Wildman–Crippen LogP) is 4.25. The maximum atomic E-state index is 5.76. The summed E-state index contributed by atoms with van der Waals surface area (Å²) in [4.78, 5) is 5.63. The van der Waals surface area contributed by atoms with Gasteiger partial charge in [-0.3, -0.25) is 0 Å². The zero-order chi connectivity index (χ0) is 12.4. The molecule has 0 radical (unpaired) electrons. The molecule has 0 aliphatic rings. The fourth-order valence-electron chi connectivity index (χ4n) is 1.65. The highest BCUT2D eigenvalue weighted by Crippen LogP contribution is 2.26. The Morgan fingerprint density at radius 1 is 1.47 bits per heavy atom. The molecular formula is C12H12BrIN2S. The Kier molecular flexibility index (Phi) is 4.43. The summed E-state index contributed by atoms with van der Waals surface area (Å²) in [5, 5.41) is 0.670. The minimum Gasteiger partial charge on any atom is -0.375 e. The molecule has 0 amide bonds. The van der Waals surface area contributed by atoms with Crippen molar-refractivity contribution >= 4 is 55.0 Å². The first kappa shape index (κ1) is 13.3. The molecule has 2 rings (SSSR count). The number of rotatable bonds is 3. The number of halogens is 2. The van der Waals surface area contributed by atoms with Crippen LogP contribution >= 0.6 is 49.9 Å². The molecular weight excluding hydrogens is 411 g/mol. The molecule has 0 saturated carbocycles. The minimum absolute atomic E-state index is 0.670. The normalized spacial score (nSPS) is 10.8. The third-order valence-corrected chi connectivity index (χ3v) is 5.73. The SMILES string of the molecule is CCc1nc(N)sc1Cc1ccc(Br)c(I)c1. The number of aryl methyl sites for hydroxylation is 1. The molecule has 2 aromatic rings. The Labute approximate surface area is 127 Å². The van der Waals surface area contributed by atoms with Crippen LogP contribution in [-0.2, 0) is 12.8 Å². The second kappa shape index (κ2) is 5.67. The van der Waals surface area contributed by atoms with Crippen LogP contribution in [0.5, 0.6) is 0 Å². The first-order valence-electron chi connectivity index (χ1n) is 5.28. The topological polar surface area (TPSA) is 38.9 Å². The fraction of sp³-hybridized carbons (Fsp3) is 0.250. The van der Waals surface area contributed by atoms with Crippen molar-refractivity contribution in [1.29, 1.82) is 0 Å². The van der Waals surface area contributed by atoms with Gasteiger partial charge < -0.3 is 5.73 Å². The molecule has 0 aliphatic carbocycles. The highest BCUT2D eigenvalue weighted by molar-refractivity contribution is 14.1. The predicted molar refractivity (Wildman–Crippen MR) is 85.6 cm³/mol. The largest absolute Gasteiger partial charge is 0.375 e. The number of nitrogens with zero attached hydrogens (tertiary/aromatic N) is 1. The van der Waals surface area contributed by atoms with Crippen LogP contribution in [0.1, 0.15) is 23.1 Å². The minimum atomic E-state index is 0.670. The molecule has 2 N–H and O–H groups in total. The summed E-state index contributed by atoms with van der Waals surface area (Å²) in [7, 11) is 0. The van der Waals surface area contributed by atoms with E-state index in [2.05, 4.69) is 68.6 Å². The summed E-state index contributed by atoms with van der Waals surface area (Å²) in [6.45, 7) is 2.11. The molecule has 0 unspecified atom stereocenters. The Morgan fingerprint density at radius 3 is 2.88 bits per heavy atom. The van der Waals surface area contributed by atoms with Crippen molar-refractivity contribution in [2.75, 3.05) is 5.73 Å². The molecule has 90 valence electrons. The molecule has 1 aromatic heterocycles. The van der Waals surface area contributed by atoms with Gasteiger partial charge in [0.15, 0.2) is 5.13 Å². The number of benzene rings is 1. The van der Waals surface area contributed by atoms with Crippen molar-refractivity contribution in [3.8, 4) is 0 Å². The molecule has 1 aromatic carbocycles. The van der Waals surface area contributed by atoms with E-state index in [1.54, 1.807) is 11.3 Å². The van der Waals surface area contributed by atoms with Crippen LogP contribution in [0.4, 0.5) is 5.13 Å². The zero-order valence-electron chi connectivity index (χ0n) is 9.34. The zero-order valence-corrected chi connectivity index (χ0v) is 13.9. The van der Waals surface area contributed by atoms with Gasteiger partial charge >= 0.3 is 0 Å². The lowest BCUT2D eigenvalue weighted by atomic mass is 10.1. The van der Waals surface area contributed by atoms with Crippen molar-refractivity contribution in [2.24, 2.45) is 0 Å². The van der Waals surface area contributed by atoms with E-state index in [9.17, 15) is 0 Å². The van der Waals surface area contributed by atoms with Gasteiger partial charge in [-0.25, -0.2) is 4.98 Å². The van der Waals surface area contributed by atoms with Crippen molar-refractivity contribution in [1.82, 2.24) is 4.98 Å². The first-order chi connectivity index (χ1) is 8.10. The van der Waals surface area contributed by atoms with Gasteiger partial charge in [0.2, 0.25) is 0 Å². The Bertz CT molecular complexity index is 539. The van der Waals surface area contributed by atoms with E-state index in [0.29, 0.717) is 5.13 Å². The lowest BCUT2D eigenvalue weighted by Gasteiger charge is -2.03. The van der Waals surface area contributed by atoms with Crippen molar-refractivity contribution in [3.63, 3.8) is 0 Å². The fourth-order valence-corrected chi connectivity index (χ4v) is 3.43. The van der Waals surface area contributed by atoms with Gasteiger partial charge in [-0.1, -0.05) is 13.0 Å². The van der Waals surface area contributed by atoms with Gasteiger partial charge in [-0.05, 0) is 62.6 Å². The molecule has 0 atom stereocenters. The summed E-state index contributed by atoms with van der Waals surface area (Å²) in [6.07, 6.45) is 1.86. The second-order valence-electron chi connectivity index (χ2n) is 3.70. The van der Waals surface area contributed by atoms with Crippen molar-refractivity contribution in [3.05, 3.63) is 42.4 Å². The third kappa shape index (κ3) is 3.20. The quantitative estimate of drug-likeness (QED) is 0.751. The summed E-state index contributed by atoms with van der Waals surface area (Å²) < 4.78 is 2.37. The molecule has 5 heteroatoms. The number of nitrogens with two attached hydrogens (primary N) is 1. The first-order valence-corrected chi connectivity index (χ1v) is 7.97. The van der Waals surface area contributed by atoms with Crippen LogP contribution in [0.2, 0.25) is 0 Å². The van der Waals surface area contributed by atoms with Gasteiger partial charge in [-0.2, -0.15) is 0 Å². The van der Waals surface area contributed by atoms with Gasteiger partial charge in [0, 0.05) is 19.3 Å². The van der Waals surface area contributed by atoms with Crippen LogP contribution in [0.25, 0.3) is 0 Å². The number of nitrogen functional groups attached to an aromatic ring is 1. The second-order valence-corrected chi connectivity index (χ2v) is 6.83. The van der Waals surface area contributed by atoms with Gasteiger partial charge in [0.25, 0.3) is 0 Å². The van der Waals surface area contributed by atoms with Crippen molar-refractivity contribution < 1.29 is 0 Å². The maximum Gasteiger partial charge on any atom is 0.180 e. The average Bonchev–Trinajstić information content (AvgIpc) is 2.64.